The van der Waals surface area contributed by atoms with Gasteiger partial charge in [-0.1, -0.05) is 41.4 Å². The molecule has 1 atom stereocenters. The zero-order valence-electron chi connectivity index (χ0n) is 11.1. The summed E-state index contributed by atoms with van der Waals surface area (Å²) in [6.07, 6.45) is 0. The van der Waals surface area contributed by atoms with Crippen molar-refractivity contribution in [3.63, 3.8) is 0 Å². The summed E-state index contributed by atoms with van der Waals surface area (Å²) in [5.74, 6) is -0.422. The van der Waals surface area contributed by atoms with Gasteiger partial charge in [0.2, 0.25) is 0 Å². The molecule has 3 nitrogen and oxygen atoms in total. The quantitative estimate of drug-likeness (QED) is 0.742. The van der Waals surface area contributed by atoms with Crippen molar-refractivity contribution < 1.29 is 9.53 Å². The number of esters is 1. The molecule has 0 aliphatic rings. The van der Waals surface area contributed by atoms with Crippen LogP contribution in [0.25, 0.3) is 0 Å². The molecule has 0 fully saturated rings. The van der Waals surface area contributed by atoms with E-state index in [1.807, 2.05) is 6.07 Å². The number of halogens is 3. The predicted octanol–water partition coefficient (Wildman–Crippen LogP) is 5.08. The number of carbonyl (C=O) groups is 1. The van der Waals surface area contributed by atoms with Gasteiger partial charge < -0.3 is 10.1 Å². The van der Waals surface area contributed by atoms with E-state index in [2.05, 4.69) is 21.2 Å². The first-order valence-corrected chi connectivity index (χ1v) is 7.61. The maximum Gasteiger partial charge on any atom is 0.333 e. The molecule has 6 heteroatoms. The molecular formula is C15H12BrCl2NO2. The van der Waals surface area contributed by atoms with Gasteiger partial charge in [-0.05, 0) is 40.2 Å². The Bertz CT molecular complexity index is 664. The van der Waals surface area contributed by atoms with Gasteiger partial charge in [-0.2, -0.15) is 0 Å². The summed E-state index contributed by atoms with van der Waals surface area (Å²) < 4.78 is 5.58. The van der Waals surface area contributed by atoms with E-state index >= 15 is 0 Å². The number of hydrogen-bond acceptors (Lipinski definition) is 3. The number of anilines is 1. The predicted molar refractivity (Wildman–Crippen MR) is 89.0 cm³/mol. The molecule has 0 radical (unpaired) electrons. The Morgan fingerprint density at radius 2 is 1.90 bits per heavy atom. The molecule has 0 saturated carbocycles. The van der Waals surface area contributed by atoms with Gasteiger partial charge in [0, 0.05) is 20.7 Å². The second kappa shape index (κ2) is 7.16. The van der Waals surface area contributed by atoms with Crippen LogP contribution < -0.4 is 5.32 Å². The number of hydrogen-bond donors (Lipinski definition) is 1. The van der Waals surface area contributed by atoms with Gasteiger partial charge in [-0.15, -0.1) is 0 Å². The Balaban J connectivity index is 2.35. The molecule has 1 unspecified atom stereocenters. The van der Waals surface area contributed by atoms with Crippen LogP contribution in [0.15, 0.2) is 46.9 Å². The van der Waals surface area contributed by atoms with Gasteiger partial charge in [0.25, 0.3) is 0 Å². The van der Waals surface area contributed by atoms with Crippen molar-refractivity contribution in [2.45, 2.75) is 6.04 Å². The van der Waals surface area contributed by atoms with Gasteiger partial charge in [-0.3, -0.25) is 0 Å². The molecule has 2 aromatic rings. The van der Waals surface area contributed by atoms with Crippen molar-refractivity contribution >= 4 is 50.8 Å². The van der Waals surface area contributed by atoms with E-state index in [9.17, 15) is 4.79 Å². The molecule has 0 heterocycles. The minimum Gasteiger partial charge on any atom is -0.467 e. The van der Waals surface area contributed by atoms with Gasteiger partial charge in [0.05, 0.1) is 12.1 Å². The minimum absolute atomic E-state index is 0.422. The number of benzene rings is 2. The lowest BCUT2D eigenvalue weighted by atomic mass is 10.1. The van der Waals surface area contributed by atoms with Crippen molar-refractivity contribution in [1.82, 2.24) is 0 Å². The lowest BCUT2D eigenvalue weighted by molar-refractivity contribution is -0.141. The van der Waals surface area contributed by atoms with Gasteiger partial charge in [0.15, 0.2) is 6.04 Å². The number of carbonyl (C=O) groups excluding carboxylic acids is 1. The molecule has 0 bridgehead atoms. The fraction of sp³-hybridized carbons (Fsp3) is 0.133. The topological polar surface area (TPSA) is 38.3 Å². The van der Waals surface area contributed by atoms with Gasteiger partial charge in [0.1, 0.15) is 0 Å². The van der Waals surface area contributed by atoms with Crippen LogP contribution in [0, 0.1) is 0 Å². The number of rotatable bonds is 4. The van der Waals surface area contributed by atoms with Crippen LogP contribution in [0.5, 0.6) is 0 Å². The van der Waals surface area contributed by atoms with Crippen LogP contribution in [-0.4, -0.2) is 13.1 Å². The monoisotopic (exact) mass is 387 g/mol. The normalized spacial score (nSPS) is 11.8. The molecule has 0 spiro atoms. The summed E-state index contributed by atoms with van der Waals surface area (Å²) in [4.78, 5) is 12.0. The molecule has 0 aliphatic heterocycles. The third-order valence-electron chi connectivity index (χ3n) is 2.88. The van der Waals surface area contributed by atoms with Crippen LogP contribution in [-0.2, 0) is 9.53 Å². The van der Waals surface area contributed by atoms with E-state index in [1.54, 1.807) is 36.4 Å². The standard InChI is InChI=1S/C15H12BrCl2NO2/c1-21-15(20)14(10-4-2-3-5-12(10)17)19-9-6-7-13(18)11(16)8-9/h2-8,14,19H,1H3. The Hall–Kier alpha value is -1.23. The van der Waals surface area contributed by atoms with Gasteiger partial charge >= 0.3 is 5.97 Å². The highest BCUT2D eigenvalue weighted by atomic mass is 79.9. The molecule has 21 heavy (non-hydrogen) atoms. The van der Waals surface area contributed by atoms with E-state index in [-0.39, 0.29) is 0 Å². The second-order valence-corrected chi connectivity index (χ2v) is 5.92. The Kier molecular flexibility index (Phi) is 5.51. The first-order chi connectivity index (χ1) is 10.0. The lowest BCUT2D eigenvalue weighted by Gasteiger charge is -2.19. The molecule has 0 aromatic heterocycles. The molecule has 1 N–H and O–H groups in total. The highest BCUT2D eigenvalue weighted by molar-refractivity contribution is 9.10. The first-order valence-electron chi connectivity index (χ1n) is 6.06. The molecule has 110 valence electrons. The smallest absolute Gasteiger partial charge is 0.333 e. The minimum atomic E-state index is -0.697. The number of methoxy groups -OCH3 is 1. The molecule has 2 rings (SSSR count). The summed E-state index contributed by atoms with van der Waals surface area (Å²) in [5, 5.41) is 4.19. The average Bonchev–Trinajstić information content (AvgIpc) is 2.48. The zero-order chi connectivity index (χ0) is 15.4. The number of nitrogens with one attached hydrogen (secondary N) is 1. The van der Waals surface area contributed by atoms with E-state index in [1.165, 1.54) is 7.11 Å². The van der Waals surface area contributed by atoms with Crippen molar-refractivity contribution in [1.29, 1.82) is 0 Å². The largest absolute Gasteiger partial charge is 0.467 e. The van der Waals surface area contributed by atoms with Crippen LogP contribution >= 0.6 is 39.1 Å². The molecule has 0 amide bonds. The highest BCUT2D eigenvalue weighted by Crippen LogP contribution is 2.30. The van der Waals surface area contributed by atoms with E-state index in [4.69, 9.17) is 27.9 Å². The highest BCUT2D eigenvalue weighted by Gasteiger charge is 2.23. The van der Waals surface area contributed by atoms with Crippen LogP contribution in [0.4, 0.5) is 5.69 Å². The number of ether oxygens (including phenoxy) is 1. The van der Waals surface area contributed by atoms with Gasteiger partial charge in [-0.25, -0.2) is 4.79 Å². The van der Waals surface area contributed by atoms with Crippen molar-refractivity contribution in [3.8, 4) is 0 Å². The average molecular weight is 389 g/mol. The van der Waals surface area contributed by atoms with E-state index in [0.717, 1.165) is 10.2 Å². The Labute approximate surface area is 141 Å². The maximum atomic E-state index is 12.0. The van der Waals surface area contributed by atoms with Crippen molar-refractivity contribution in [2.24, 2.45) is 0 Å². The van der Waals surface area contributed by atoms with E-state index in [0.29, 0.717) is 15.6 Å². The fourth-order valence-electron chi connectivity index (χ4n) is 1.84. The third-order valence-corrected chi connectivity index (χ3v) is 4.44. The fourth-order valence-corrected chi connectivity index (χ4v) is 2.58. The molecule has 2 aromatic carbocycles. The maximum absolute atomic E-state index is 12.0. The molecule has 0 aliphatic carbocycles. The first kappa shape index (κ1) is 16.1. The zero-order valence-corrected chi connectivity index (χ0v) is 14.2. The SMILES string of the molecule is COC(=O)C(Nc1ccc(Cl)c(Br)c1)c1ccccc1Cl. The summed E-state index contributed by atoms with van der Waals surface area (Å²) in [7, 11) is 1.34. The summed E-state index contributed by atoms with van der Waals surface area (Å²) in [5.41, 5.74) is 1.37. The second-order valence-electron chi connectivity index (χ2n) is 4.25. The summed E-state index contributed by atoms with van der Waals surface area (Å²) in [6.45, 7) is 0. The van der Waals surface area contributed by atoms with Crippen LogP contribution in [0.3, 0.4) is 0 Å². The van der Waals surface area contributed by atoms with E-state index < -0.39 is 12.0 Å². The Morgan fingerprint density at radius 3 is 2.52 bits per heavy atom. The third kappa shape index (κ3) is 3.90. The lowest BCUT2D eigenvalue weighted by Crippen LogP contribution is -2.22. The summed E-state index contributed by atoms with van der Waals surface area (Å²) >= 11 is 15.5. The van der Waals surface area contributed by atoms with Crippen LogP contribution in [0.2, 0.25) is 10.0 Å². The summed E-state index contributed by atoms with van der Waals surface area (Å²) in [6, 6.07) is 11.7. The Morgan fingerprint density at radius 1 is 1.19 bits per heavy atom. The van der Waals surface area contributed by atoms with Crippen molar-refractivity contribution in [2.75, 3.05) is 12.4 Å². The van der Waals surface area contributed by atoms with Crippen molar-refractivity contribution in [3.05, 3.63) is 62.5 Å². The molecular weight excluding hydrogens is 377 g/mol. The van der Waals surface area contributed by atoms with Crippen LogP contribution in [0.1, 0.15) is 11.6 Å². The molecule has 0 saturated heterocycles.